The number of hydrogen-bond acceptors (Lipinski definition) is 4. The van der Waals surface area contributed by atoms with Gasteiger partial charge >= 0.3 is 5.97 Å². The lowest BCUT2D eigenvalue weighted by molar-refractivity contribution is -0.140. The van der Waals surface area contributed by atoms with E-state index in [4.69, 9.17) is 21.1 Å². The zero-order chi connectivity index (χ0) is 15.4. The monoisotopic (exact) mass is 308 g/mol. The number of carbonyl (C=O) groups is 2. The van der Waals surface area contributed by atoms with E-state index in [1.54, 1.807) is 18.2 Å². The third kappa shape index (κ3) is 3.61. The van der Waals surface area contributed by atoms with Gasteiger partial charge in [-0.25, -0.2) is 4.98 Å². The maximum Gasteiger partial charge on any atom is 0.308 e. The Morgan fingerprint density at radius 2 is 2.19 bits per heavy atom. The molecular weight excluding hydrogens is 296 g/mol. The van der Waals surface area contributed by atoms with Gasteiger partial charge in [0.25, 0.3) is 5.91 Å². The Hall–Kier alpha value is -2.34. The molecule has 0 aliphatic heterocycles. The zero-order valence-electron chi connectivity index (χ0n) is 11.2. The fraction of sp³-hybridized carbons (Fsp3) is 0.214. The standard InChI is InChI=1S/C14H13ClN2O4/c1-9(14(19)20)8-17(12-5-4-10(15)7-16-12)13(18)11-3-2-6-21-11/h2-7,9H,8H2,1H3,(H,19,20). The Morgan fingerprint density at radius 3 is 2.71 bits per heavy atom. The highest BCUT2D eigenvalue weighted by molar-refractivity contribution is 6.30. The van der Waals surface area contributed by atoms with Crippen molar-refractivity contribution >= 4 is 29.3 Å². The molecule has 1 N–H and O–H groups in total. The van der Waals surface area contributed by atoms with Crippen molar-refractivity contribution in [1.82, 2.24) is 4.98 Å². The number of aromatic nitrogens is 1. The molecule has 0 spiro atoms. The van der Waals surface area contributed by atoms with Crippen molar-refractivity contribution in [2.75, 3.05) is 11.4 Å². The number of nitrogens with zero attached hydrogens (tertiary/aromatic N) is 2. The topological polar surface area (TPSA) is 83.6 Å². The molecule has 0 bridgehead atoms. The van der Waals surface area contributed by atoms with Crippen molar-refractivity contribution in [3.8, 4) is 0 Å². The van der Waals surface area contributed by atoms with Crippen molar-refractivity contribution in [2.45, 2.75) is 6.92 Å². The second-order valence-corrected chi connectivity index (χ2v) is 4.90. The highest BCUT2D eigenvalue weighted by atomic mass is 35.5. The Labute approximate surface area is 126 Å². The van der Waals surface area contributed by atoms with Gasteiger partial charge < -0.3 is 9.52 Å². The molecule has 0 saturated carbocycles. The van der Waals surface area contributed by atoms with Crippen LogP contribution in [0, 0.1) is 5.92 Å². The summed E-state index contributed by atoms with van der Waals surface area (Å²) in [6, 6.07) is 6.23. The van der Waals surface area contributed by atoms with E-state index in [2.05, 4.69) is 4.98 Å². The van der Waals surface area contributed by atoms with Gasteiger partial charge in [0.2, 0.25) is 0 Å². The van der Waals surface area contributed by atoms with Crippen molar-refractivity contribution in [1.29, 1.82) is 0 Å². The van der Waals surface area contributed by atoms with Crippen LogP contribution in [-0.2, 0) is 4.79 Å². The molecule has 0 aliphatic rings. The zero-order valence-corrected chi connectivity index (χ0v) is 11.9. The van der Waals surface area contributed by atoms with Gasteiger partial charge in [-0.05, 0) is 24.3 Å². The van der Waals surface area contributed by atoms with E-state index in [0.29, 0.717) is 10.8 Å². The van der Waals surface area contributed by atoms with E-state index in [1.165, 1.54) is 30.4 Å². The van der Waals surface area contributed by atoms with E-state index in [0.717, 1.165) is 0 Å². The third-order valence-corrected chi connectivity index (χ3v) is 3.07. The van der Waals surface area contributed by atoms with Gasteiger partial charge in [-0.1, -0.05) is 18.5 Å². The Bertz CT molecular complexity index is 625. The normalized spacial score (nSPS) is 11.9. The van der Waals surface area contributed by atoms with Crippen LogP contribution in [0.2, 0.25) is 5.02 Å². The summed E-state index contributed by atoms with van der Waals surface area (Å²) in [5.74, 6) is -1.77. The first-order valence-electron chi connectivity index (χ1n) is 6.18. The lowest BCUT2D eigenvalue weighted by atomic mass is 10.1. The van der Waals surface area contributed by atoms with Gasteiger partial charge in [0.15, 0.2) is 5.76 Å². The van der Waals surface area contributed by atoms with Gasteiger partial charge in [-0.2, -0.15) is 0 Å². The number of rotatable bonds is 5. The largest absolute Gasteiger partial charge is 0.481 e. The summed E-state index contributed by atoms with van der Waals surface area (Å²) in [5, 5.41) is 9.46. The number of carboxylic acids is 1. The first-order valence-corrected chi connectivity index (χ1v) is 6.56. The molecule has 110 valence electrons. The molecule has 6 nitrogen and oxygen atoms in total. The summed E-state index contributed by atoms with van der Waals surface area (Å²) < 4.78 is 5.07. The predicted octanol–water partition coefficient (Wildman–Crippen LogP) is 2.70. The quantitative estimate of drug-likeness (QED) is 0.918. The lowest BCUT2D eigenvalue weighted by Gasteiger charge is -2.22. The molecule has 2 heterocycles. The average molecular weight is 309 g/mol. The van der Waals surface area contributed by atoms with Crippen LogP contribution < -0.4 is 4.90 Å². The first-order chi connectivity index (χ1) is 9.99. The second kappa shape index (κ2) is 6.41. The van der Waals surface area contributed by atoms with Crippen molar-refractivity contribution in [3.05, 3.63) is 47.5 Å². The number of hydrogen-bond donors (Lipinski definition) is 1. The molecule has 0 saturated heterocycles. The maximum atomic E-state index is 12.4. The minimum atomic E-state index is -0.999. The number of amides is 1. The Kier molecular flexibility index (Phi) is 4.59. The molecule has 0 aromatic carbocycles. The second-order valence-electron chi connectivity index (χ2n) is 4.47. The van der Waals surface area contributed by atoms with E-state index in [9.17, 15) is 9.59 Å². The number of anilines is 1. The lowest BCUT2D eigenvalue weighted by Crippen LogP contribution is -2.37. The van der Waals surface area contributed by atoms with Crippen LogP contribution in [-0.4, -0.2) is 28.5 Å². The smallest absolute Gasteiger partial charge is 0.308 e. The molecule has 1 amide bonds. The number of carbonyl (C=O) groups excluding carboxylic acids is 1. The van der Waals surface area contributed by atoms with Crippen LogP contribution in [0.4, 0.5) is 5.82 Å². The minimum Gasteiger partial charge on any atom is -0.481 e. The number of halogens is 1. The number of pyridine rings is 1. The summed E-state index contributed by atoms with van der Waals surface area (Å²) in [6.45, 7) is 1.49. The summed E-state index contributed by atoms with van der Waals surface area (Å²) in [5.41, 5.74) is 0. The molecule has 1 unspecified atom stereocenters. The van der Waals surface area contributed by atoms with E-state index in [1.807, 2.05) is 0 Å². The van der Waals surface area contributed by atoms with Crippen LogP contribution in [0.25, 0.3) is 0 Å². The molecule has 0 aliphatic carbocycles. The van der Waals surface area contributed by atoms with Gasteiger partial charge in [0.05, 0.1) is 17.2 Å². The molecule has 2 rings (SSSR count). The minimum absolute atomic E-state index is 0.0243. The van der Waals surface area contributed by atoms with Crippen molar-refractivity contribution in [3.63, 3.8) is 0 Å². The Balaban J connectivity index is 2.32. The molecule has 21 heavy (non-hydrogen) atoms. The van der Waals surface area contributed by atoms with Crippen LogP contribution >= 0.6 is 11.6 Å². The van der Waals surface area contributed by atoms with Gasteiger partial charge in [0.1, 0.15) is 5.82 Å². The van der Waals surface area contributed by atoms with Gasteiger partial charge in [-0.3, -0.25) is 14.5 Å². The van der Waals surface area contributed by atoms with Gasteiger partial charge in [-0.15, -0.1) is 0 Å². The molecular formula is C14H13ClN2O4. The highest BCUT2D eigenvalue weighted by Crippen LogP contribution is 2.19. The molecule has 2 aromatic rings. The van der Waals surface area contributed by atoms with E-state index >= 15 is 0 Å². The van der Waals surface area contributed by atoms with Crippen LogP contribution in [0.1, 0.15) is 17.5 Å². The van der Waals surface area contributed by atoms with E-state index < -0.39 is 17.8 Å². The average Bonchev–Trinajstić information content (AvgIpc) is 2.99. The SMILES string of the molecule is CC(CN(C(=O)c1ccco1)c1ccc(Cl)cn1)C(=O)O. The molecule has 2 aromatic heterocycles. The van der Waals surface area contributed by atoms with Crippen LogP contribution in [0.15, 0.2) is 41.1 Å². The van der Waals surface area contributed by atoms with Gasteiger partial charge in [0, 0.05) is 12.7 Å². The van der Waals surface area contributed by atoms with E-state index in [-0.39, 0.29) is 12.3 Å². The first kappa shape index (κ1) is 15.1. The number of aliphatic carboxylic acids is 1. The highest BCUT2D eigenvalue weighted by Gasteiger charge is 2.25. The van der Waals surface area contributed by atoms with Crippen LogP contribution in [0.5, 0.6) is 0 Å². The molecule has 1 atom stereocenters. The fourth-order valence-electron chi connectivity index (χ4n) is 1.69. The fourth-order valence-corrected chi connectivity index (χ4v) is 1.81. The number of furan rings is 1. The predicted molar refractivity (Wildman–Crippen MR) is 76.4 cm³/mol. The Morgan fingerprint density at radius 1 is 1.43 bits per heavy atom. The third-order valence-electron chi connectivity index (χ3n) is 2.84. The van der Waals surface area contributed by atoms with Crippen molar-refractivity contribution < 1.29 is 19.1 Å². The molecule has 0 fully saturated rings. The molecule has 0 radical (unpaired) electrons. The number of carboxylic acid groups (broad SMARTS) is 1. The van der Waals surface area contributed by atoms with Crippen LogP contribution in [0.3, 0.4) is 0 Å². The summed E-state index contributed by atoms with van der Waals surface area (Å²) in [4.78, 5) is 28.8. The summed E-state index contributed by atoms with van der Waals surface area (Å²) in [7, 11) is 0. The maximum absolute atomic E-state index is 12.4. The summed E-state index contributed by atoms with van der Waals surface area (Å²) >= 11 is 5.77. The van der Waals surface area contributed by atoms with Crippen molar-refractivity contribution in [2.24, 2.45) is 5.92 Å². The molecule has 7 heteroatoms. The summed E-state index contributed by atoms with van der Waals surface area (Å²) in [6.07, 6.45) is 2.77.